The molecule has 1 heterocycles. The topological polar surface area (TPSA) is 17.8 Å². The molecule has 0 N–H and O–H groups in total. The second kappa shape index (κ2) is 9.51. The predicted octanol–water partition coefficient (Wildman–Crippen LogP) is 11.3. The van der Waals surface area contributed by atoms with Crippen LogP contribution in [0, 0.1) is 6.92 Å². The maximum Gasteiger partial charge on any atom is 0.111 e. The number of aryl methyl sites for hydroxylation is 1. The van der Waals surface area contributed by atoms with E-state index in [1.807, 2.05) is 41.8 Å². The summed E-state index contributed by atoms with van der Waals surface area (Å²) in [6.45, 7) is -4.37. The molecule has 0 unspecified atom stereocenters. The lowest BCUT2D eigenvalue weighted by Crippen LogP contribution is -2.14. The number of hydrogen-bond acceptors (Lipinski definition) is 1. The van der Waals surface area contributed by atoms with E-state index in [9.17, 15) is 5.48 Å². The van der Waals surface area contributed by atoms with Crippen molar-refractivity contribution in [3.8, 4) is 39.1 Å². The molecule has 0 bridgehead atoms. The Morgan fingerprint density at radius 1 is 0.622 bits per heavy atom. The van der Waals surface area contributed by atoms with Crippen molar-refractivity contribution in [3.05, 3.63) is 156 Å². The van der Waals surface area contributed by atoms with Gasteiger partial charge in [0.2, 0.25) is 0 Å². The van der Waals surface area contributed by atoms with Crippen LogP contribution in [0.5, 0.6) is 0 Å². The molecule has 0 amide bonds. The van der Waals surface area contributed by atoms with Crippen molar-refractivity contribution in [2.75, 3.05) is 0 Å². The van der Waals surface area contributed by atoms with Crippen molar-refractivity contribution in [1.82, 2.24) is 9.55 Å². The molecule has 2 nitrogen and oxygen atoms in total. The molecule has 1 aromatic heterocycles. The van der Waals surface area contributed by atoms with Crippen LogP contribution in [0.1, 0.15) is 49.8 Å². The van der Waals surface area contributed by atoms with Crippen LogP contribution >= 0.6 is 0 Å². The number of nitrogens with zero attached hydrogens (tertiary/aromatic N) is 2. The molecule has 2 heteroatoms. The van der Waals surface area contributed by atoms with E-state index in [1.54, 1.807) is 48.5 Å². The van der Waals surface area contributed by atoms with Crippen molar-refractivity contribution in [2.24, 2.45) is 0 Å². The van der Waals surface area contributed by atoms with Crippen molar-refractivity contribution >= 4 is 32.6 Å². The Kier molecular flexibility index (Phi) is 3.28. The summed E-state index contributed by atoms with van der Waals surface area (Å²) in [6.07, 6.45) is 0. The van der Waals surface area contributed by atoms with E-state index in [1.165, 1.54) is 12.1 Å². The molecular formula is C43H32N2. The second-order valence-corrected chi connectivity index (χ2v) is 11.3. The van der Waals surface area contributed by atoms with Gasteiger partial charge in [0, 0.05) is 19.3 Å². The molecule has 9 rings (SSSR count). The molecule has 1 aliphatic rings. The quantitative estimate of drug-likeness (QED) is 0.187. The predicted molar refractivity (Wildman–Crippen MR) is 189 cm³/mol. The third kappa shape index (κ3) is 3.72. The minimum Gasteiger partial charge on any atom is -0.297 e. The summed E-state index contributed by atoms with van der Waals surface area (Å²) in [5, 5.41) is -0.229. The Hall–Kier alpha value is -5.47. The van der Waals surface area contributed by atoms with Crippen LogP contribution in [0.25, 0.3) is 71.6 Å². The van der Waals surface area contributed by atoms with Gasteiger partial charge in [0.25, 0.3) is 0 Å². The lowest BCUT2D eigenvalue weighted by atomic mass is 9.80. The summed E-state index contributed by atoms with van der Waals surface area (Å²) in [5.74, 6) is 0.668. The summed E-state index contributed by atoms with van der Waals surface area (Å²) < 4.78 is 128. The molecule has 45 heavy (non-hydrogen) atoms. The van der Waals surface area contributed by atoms with E-state index in [2.05, 4.69) is 0 Å². The summed E-state index contributed by atoms with van der Waals surface area (Å²) >= 11 is 0. The van der Waals surface area contributed by atoms with E-state index in [0.717, 1.165) is 11.0 Å². The molecule has 7 aromatic carbocycles. The molecule has 1 aliphatic carbocycles. The standard InChI is InChI=1S/C43H32N2/c1-27-44-39-21-10-11-22-40(39)45(27)30-14-12-13-28(25-30)41-33-16-4-6-18-35(33)42(36-19-7-5-17-34(36)41)29-23-24-32-31-15-8-9-20-37(31)43(2,3)38(32)26-29/h4-26H,1-3H3/i2D3,3D3,4D,5D,6D,7D,16D,17D,18D,19D. The molecular weight excluding hydrogens is 544 g/mol. The lowest BCUT2D eigenvalue weighted by Gasteiger charge is -2.23. The third-order valence-electron chi connectivity index (χ3n) is 8.83. The maximum absolute atomic E-state index is 9.40. The van der Waals surface area contributed by atoms with E-state index in [4.69, 9.17) is 18.7 Å². The van der Waals surface area contributed by atoms with Gasteiger partial charge in [-0.1, -0.05) is 123 Å². The van der Waals surface area contributed by atoms with Crippen molar-refractivity contribution in [1.29, 1.82) is 0 Å². The Morgan fingerprint density at radius 3 is 1.96 bits per heavy atom. The average Bonchev–Trinajstić information content (AvgIpc) is 3.71. The lowest BCUT2D eigenvalue weighted by molar-refractivity contribution is 0.660. The Bertz CT molecular complexity index is 3050. The largest absolute Gasteiger partial charge is 0.297 e. The van der Waals surface area contributed by atoms with Crippen LogP contribution in [-0.2, 0) is 5.41 Å². The third-order valence-corrected chi connectivity index (χ3v) is 8.83. The first kappa shape index (κ1) is 15.5. The van der Waals surface area contributed by atoms with Crippen molar-refractivity contribution < 1.29 is 19.2 Å². The average molecular weight is 591 g/mol. The van der Waals surface area contributed by atoms with E-state index in [-0.39, 0.29) is 49.4 Å². The monoisotopic (exact) mass is 590 g/mol. The number of aromatic nitrogens is 2. The zero-order valence-corrected chi connectivity index (χ0v) is 24.1. The van der Waals surface area contributed by atoms with Crippen LogP contribution in [0.15, 0.2) is 139 Å². The van der Waals surface area contributed by atoms with Crippen LogP contribution in [-0.4, -0.2) is 9.55 Å². The highest BCUT2D eigenvalue weighted by Gasteiger charge is 2.35. The highest BCUT2D eigenvalue weighted by atomic mass is 15.1. The van der Waals surface area contributed by atoms with Gasteiger partial charge in [-0.25, -0.2) is 4.98 Å². The van der Waals surface area contributed by atoms with Crippen molar-refractivity contribution in [3.63, 3.8) is 0 Å². The first-order valence-corrected chi connectivity index (χ1v) is 14.6. The number of rotatable bonds is 3. The molecule has 0 spiro atoms. The summed E-state index contributed by atoms with van der Waals surface area (Å²) in [5.41, 5.74) is 1.10. The van der Waals surface area contributed by atoms with Gasteiger partial charge in [-0.3, -0.25) is 4.57 Å². The van der Waals surface area contributed by atoms with Gasteiger partial charge in [-0.15, -0.1) is 0 Å². The minimum atomic E-state index is -3.11. The number of para-hydroxylation sites is 2. The number of hydrogen-bond donors (Lipinski definition) is 0. The summed E-state index contributed by atoms with van der Waals surface area (Å²) in [6, 6.07) is 21.3. The maximum atomic E-state index is 9.40. The molecule has 0 fully saturated rings. The second-order valence-electron chi connectivity index (χ2n) is 11.3. The minimum absolute atomic E-state index is 0.0194. The Morgan fingerprint density at radius 2 is 1.24 bits per heavy atom. The van der Waals surface area contributed by atoms with Gasteiger partial charge in [0.15, 0.2) is 0 Å². The van der Waals surface area contributed by atoms with E-state index in [0.29, 0.717) is 28.2 Å². The van der Waals surface area contributed by atoms with Crippen molar-refractivity contribution in [2.45, 2.75) is 26.0 Å². The molecule has 0 saturated heterocycles. The van der Waals surface area contributed by atoms with Gasteiger partial charge in [0.05, 0.1) is 22.0 Å². The zero-order chi connectivity index (χ0) is 42.2. The van der Waals surface area contributed by atoms with Gasteiger partial charge < -0.3 is 0 Å². The smallest absolute Gasteiger partial charge is 0.111 e. The van der Waals surface area contributed by atoms with Gasteiger partial charge in [0.1, 0.15) is 5.82 Å². The van der Waals surface area contributed by atoms with Crippen LogP contribution in [0.2, 0.25) is 0 Å². The van der Waals surface area contributed by atoms with Crippen LogP contribution in [0.4, 0.5) is 0 Å². The molecule has 0 atom stereocenters. The van der Waals surface area contributed by atoms with Crippen LogP contribution < -0.4 is 0 Å². The van der Waals surface area contributed by atoms with E-state index < -0.39 is 67.5 Å². The molecule has 0 aliphatic heterocycles. The fraction of sp³-hybridized carbons (Fsp3) is 0.0930. The first-order chi connectivity index (χ1) is 27.8. The fourth-order valence-corrected chi connectivity index (χ4v) is 6.91. The summed E-state index contributed by atoms with van der Waals surface area (Å²) in [7, 11) is 0. The Balaban J connectivity index is 1.48. The SMILES string of the molecule is [2H]c1c([2H])c([2H])c2c(-c3ccc4c(c3)C(C([2H])([2H])[2H])(C([2H])([2H])[2H])c3ccccc3-4)c3c([2H])c([2H])c([2H])c([2H])c3c(-c3cccc(-n4c(C)nc5ccccc54)c3)c2c1[2H]. The normalized spacial score (nSPS) is 18.4. The van der Waals surface area contributed by atoms with Gasteiger partial charge in [-0.05, 0) is 103 Å². The molecule has 8 aromatic rings. The molecule has 0 radical (unpaired) electrons. The fourth-order valence-electron chi connectivity index (χ4n) is 6.91. The van der Waals surface area contributed by atoms with Gasteiger partial charge >= 0.3 is 0 Å². The molecule has 0 saturated carbocycles. The highest BCUT2D eigenvalue weighted by Crippen LogP contribution is 2.51. The number of fused-ring (bicyclic) bond motifs is 6. The first-order valence-electron chi connectivity index (χ1n) is 21.6. The summed E-state index contributed by atoms with van der Waals surface area (Å²) in [4.78, 5) is 4.70. The molecule has 214 valence electrons. The van der Waals surface area contributed by atoms with Crippen LogP contribution in [0.3, 0.4) is 0 Å². The highest BCUT2D eigenvalue weighted by molar-refractivity contribution is 6.21. The van der Waals surface area contributed by atoms with E-state index >= 15 is 0 Å². The zero-order valence-electron chi connectivity index (χ0n) is 38.1. The Labute approximate surface area is 282 Å². The number of benzene rings is 7. The van der Waals surface area contributed by atoms with Gasteiger partial charge in [-0.2, -0.15) is 0 Å². The number of imidazole rings is 1.